The van der Waals surface area contributed by atoms with Crippen LogP contribution >= 0.6 is 0 Å². The molecule has 0 bridgehead atoms. The van der Waals surface area contributed by atoms with Gasteiger partial charge >= 0.3 is 0 Å². The molecular formula is C17H25NO. The lowest BCUT2D eigenvalue weighted by Crippen LogP contribution is -2.26. The van der Waals surface area contributed by atoms with E-state index in [1.807, 2.05) is 12.1 Å². The Bertz CT molecular complexity index is 400. The number of ether oxygens (including phenoxy) is 1. The second-order valence-corrected chi connectivity index (χ2v) is 4.64. The number of hydrogen-bond donors (Lipinski definition) is 1. The van der Waals surface area contributed by atoms with Crippen molar-refractivity contribution in [1.82, 2.24) is 5.32 Å². The number of rotatable bonds is 7. The third-order valence-corrected chi connectivity index (χ3v) is 2.94. The highest BCUT2D eigenvalue weighted by molar-refractivity contribution is 5.27. The van der Waals surface area contributed by atoms with Crippen LogP contribution in [0.2, 0.25) is 0 Å². The largest absolute Gasteiger partial charge is 0.497 e. The lowest BCUT2D eigenvalue weighted by atomic mass is 10.1. The molecule has 0 spiro atoms. The predicted molar refractivity (Wildman–Crippen MR) is 81.2 cm³/mol. The van der Waals surface area contributed by atoms with Gasteiger partial charge in [0.1, 0.15) is 5.75 Å². The average Bonchev–Trinajstić information content (AvgIpc) is 2.45. The normalized spacial score (nSPS) is 11.5. The molecule has 0 saturated carbocycles. The average molecular weight is 259 g/mol. The van der Waals surface area contributed by atoms with E-state index in [9.17, 15) is 0 Å². The van der Waals surface area contributed by atoms with Crippen molar-refractivity contribution >= 4 is 0 Å². The van der Waals surface area contributed by atoms with Gasteiger partial charge in [0.15, 0.2) is 0 Å². The minimum absolute atomic E-state index is 0.304. The fourth-order valence-corrected chi connectivity index (χ4v) is 1.82. The van der Waals surface area contributed by atoms with Crippen LogP contribution in [0.5, 0.6) is 5.75 Å². The molecule has 0 aliphatic heterocycles. The molecule has 0 fully saturated rings. The smallest absolute Gasteiger partial charge is 0.118 e. The molecule has 1 atom stereocenters. The van der Waals surface area contributed by atoms with Crippen LogP contribution in [0.25, 0.3) is 0 Å². The van der Waals surface area contributed by atoms with E-state index in [-0.39, 0.29) is 0 Å². The molecule has 1 unspecified atom stereocenters. The summed E-state index contributed by atoms with van der Waals surface area (Å²) in [6.45, 7) is 5.22. The van der Waals surface area contributed by atoms with Gasteiger partial charge < -0.3 is 4.74 Å². The summed E-state index contributed by atoms with van der Waals surface area (Å²) < 4.78 is 5.16. The summed E-state index contributed by atoms with van der Waals surface area (Å²) in [5, 5.41) is 3.52. The lowest BCUT2D eigenvalue weighted by molar-refractivity contribution is 0.414. The third kappa shape index (κ3) is 6.31. The van der Waals surface area contributed by atoms with Gasteiger partial charge in [-0.2, -0.15) is 0 Å². The van der Waals surface area contributed by atoms with E-state index in [0.717, 1.165) is 38.0 Å². The molecule has 104 valence electrons. The van der Waals surface area contributed by atoms with E-state index < -0.39 is 0 Å². The molecule has 2 heteroatoms. The Labute approximate surface area is 117 Å². The summed E-state index contributed by atoms with van der Waals surface area (Å²) in [6, 6.07) is 8.48. The Hall–Kier alpha value is -1.46. The van der Waals surface area contributed by atoms with Crippen LogP contribution in [0.15, 0.2) is 24.3 Å². The zero-order chi connectivity index (χ0) is 13.9. The van der Waals surface area contributed by atoms with Crippen LogP contribution in [-0.4, -0.2) is 13.2 Å². The van der Waals surface area contributed by atoms with Crippen LogP contribution in [0.4, 0.5) is 0 Å². The maximum atomic E-state index is 5.16. The summed E-state index contributed by atoms with van der Waals surface area (Å²) in [7, 11) is 1.69. The van der Waals surface area contributed by atoms with E-state index >= 15 is 0 Å². The standard InChI is InChI=1S/C17H25NO/c1-4-6-7-9-16(8-5-2)18-14-15-10-12-17(19-3)13-11-15/h10-13,16,18H,4-6,8,14H2,1-3H3. The quantitative estimate of drug-likeness (QED) is 0.753. The Morgan fingerprint density at radius 3 is 2.47 bits per heavy atom. The van der Waals surface area contributed by atoms with Crippen molar-refractivity contribution in [2.24, 2.45) is 0 Å². The van der Waals surface area contributed by atoms with Crippen molar-refractivity contribution in [2.45, 2.75) is 52.1 Å². The van der Waals surface area contributed by atoms with Gasteiger partial charge in [0.05, 0.1) is 13.2 Å². The number of methoxy groups -OCH3 is 1. The van der Waals surface area contributed by atoms with Crippen molar-refractivity contribution in [2.75, 3.05) is 7.11 Å². The predicted octanol–water partition coefficient (Wildman–Crippen LogP) is 3.76. The van der Waals surface area contributed by atoms with E-state index in [4.69, 9.17) is 4.74 Å². The highest BCUT2D eigenvalue weighted by Gasteiger charge is 2.03. The zero-order valence-electron chi connectivity index (χ0n) is 12.3. The van der Waals surface area contributed by atoms with Gasteiger partial charge in [-0.05, 0) is 30.5 Å². The molecule has 0 radical (unpaired) electrons. The molecule has 1 aromatic rings. The highest BCUT2D eigenvalue weighted by Crippen LogP contribution is 2.11. The van der Waals surface area contributed by atoms with Gasteiger partial charge in [0.2, 0.25) is 0 Å². The van der Waals surface area contributed by atoms with Crippen molar-refractivity contribution < 1.29 is 4.74 Å². The van der Waals surface area contributed by atoms with E-state index in [1.165, 1.54) is 5.56 Å². The number of nitrogens with one attached hydrogen (secondary N) is 1. The first-order valence-electron chi connectivity index (χ1n) is 7.14. The third-order valence-electron chi connectivity index (χ3n) is 2.94. The number of unbranched alkanes of at least 4 members (excludes halogenated alkanes) is 1. The first-order valence-corrected chi connectivity index (χ1v) is 7.14. The first kappa shape index (κ1) is 15.6. The lowest BCUT2D eigenvalue weighted by Gasteiger charge is -2.12. The Morgan fingerprint density at radius 2 is 1.89 bits per heavy atom. The summed E-state index contributed by atoms with van der Waals surface area (Å²) in [5.74, 6) is 7.47. The Balaban J connectivity index is 2.48. The molecule has 1 rings (SSSR count). The molecule has 0 amide bonds. The molecule has 0 aliphatic rings. The van der Waals surface area contributed by atoms with Crippen molar-refractivity contribution in [1.29, 1.82) is 0 Å². The molecule has 2 nitrogen and oxygen atoms in total. The maximum absolute atomic E-state index is 5.16. The summed E-state index contributed by atoms with van der Waals surface area (Å²) in [6.07, 6.45) is 4.38. The minimum atomic E-state index is 0.304. The fourth-order valence-electron chi connectivity index (χ4n) is 1.82. The molecule has 0 aromatic heterocycles. The van der Waals surface area contributed by atoms with Crippen LogP contribution < -0.4 is 10.1 Å². The highest BCUT2D eigenvalue weighted by atomic mass is 16.5. The van der Waals surface area contributed by atoms with Crippen molar-refractivity contribution in [3.8, 4) is 17.6 Å². The van der Waals surface area contributed by atoms with Gasteiger partial charge in [0.25, 0.3) is 0 Å². The van der Waals surface area contributed by atoms with Gasteiger partial charge in [-0.15, -0.1) is 5.92 Å². The summed E-state index contributed by atoms with van der Waals surface area (Å²) in [4.78, 5) is 0. The van der Waals surface area contributed by atoms with E-state index in [2.05, 4.69) is 43.1 Å². The number of hydrogen-bond acceptors (Lipinski definition) is 2. The van der Waals surface area contributed by atoms with Gasteiger partial charge in [0, 0.05) is 13.0 Å². The van der Waals surface area contributed by atoms with Gasteiger partial charge in [-0.3, -0.25) is 5.32 Å². The van der Waals surface area contributed by atoms with Crippen LogP contribution in [0.1, 0.15) is 45.1 Å². The van der Waals surface area contributed by atoms with Gasteiger partial charge in [-0.25, -0.2) is 0 Å². The van der Waals surface area contributed by atoms with Crippen molar-refractivity contribution in [3.63, 3.8) is 0 Å². The SMILES string of the molecule is CCCC#CC(CCC)NCc1ccc(OC)cc1. The van der Waals surface area contributed by atoms with Crippen molar-refractivity contribution in [3.05, 3.63) is 29.8 Å². The van der Waals surface area contributed by atoms with Crippen LogP contribution in [0, 0.1) is 11.8 Å². The van der Waals surface area contributed by atoms with Crippen LogP contribution in [0.3, 0.4) is 0 Å². The Kier molecular flexibility index (Phi) is 7.77. The van der Waals surface area contributed by atoms with Gasteiger partial charge in [-0.1, -0.05) is 38.3 Å². The topological polar surface area (TPSA) is 21.3 Å². The molecule has 1 N–H and O–H groups in total. The molecule has 0 heterocycles. The van der Waals surface area contributed by atoms with E-state index in [0.29, 0.717) is 6.04 Å². The van der Waals surface area contributed by atoms with Crippen LogP contribution in [-0.2, 0) is 6.54 Å². The molecular weight excluding hydrogens is 234 g/mol. The second kappa shape index (κ2) is 9.47. The molecule has 0 saturated heterocycles. The molecule has 19 heavy (non-hydrogen) atoms. The minimum Gasteiger partial charge on any atom is -0.497 e. The molecule has 1 aromatic carbocycles. The second-order valence-electron chi connectivity index (χ2n) is 4.64. The summed E-state index contributed by atoms with van der Waals surface area (Å²) in [5.41, 5.74) is 1.26. The van der Waals surface area contributed by atoms with E-state index in [1.54, 1.807) is 7.11 Å². The Morgan fingerprint density at radius 1 is 1.16 bits per heavy atom. The monoisotopic (exact) mass is 259 g/mol. The maximum Gasteiger partial charge on any atom is 0.118 e. The fraction of sp³-hybridized carbons (Fsp3) is 0.529. The first-order chi connectivity index (χ1) is 9.30. The zero-order valence-corrected chi connectivity index (χ0v) is 12.3. The molecule has 0 aliphatic carbocycles. The summed E-state index contributed by atoms with van der Waals surface area (Å²) >= 11 is 0. The number of benzene rings is 1.